The van der Waals surface area contributed by atoms with E-state index in [0.29, 0.717) is 5.41 Å². The van der Waals surface area contributed by atoms with Crippen molar-refractivity contribution in [3.63, 3.8) is 0 Å². The molecule has 0 aromatic heterocycles. The highest BCUT2D eigenvalue weighted by Gasteiger charge is 2.30. The van der Waals surface area contributed by atoms with Crippen LogP contribution < -0.4 is 0 Å². The molecule has 0 amide bonds. The second-order valence-corrected chi connectivity index (χ2v) is 5.43. The van der Waals surface area contributed by atoms with Crippen LogP contribution in [0.4, 0.5) is 0 Å². The highest BCUT2D eigenvalue weighted by molar-refractivity contribution is 5.79. The standard InChI is InChI=1S/C17H23N/c1-2-11-17(12-7-4-8-13-17)15-18-14-16-9-5-3-6-10-16/h2-3,5-6,9-10,14H,1,4,7-8,11-13,15H2. The summed E-state index contributed by atoms with van der Waals surface area (Å²) < 4.78 is 0. The zero-order valence-electron chi connectivity index (χ0n) is 11.1. The smallest absolute Gasteiger partial charge is 0.0448 e. The minimum Gasteiger partial charge on any atom is -0.292 e. The molecule has 0 aliphatic heterocycles. The molecule has 0 bridgehead atoms. The predicted octanol–water partition coefficient (Wildman–Crippen LogP) is 4.63. The molecule has 1 aromatic carbocycles. The monoisotopic (exact) mass is 241 g/mol. The van der Waals surface area contributed by atoms with Crippen LogP contribution in [0.15, 0.2) is 48.0 Å². The van der Waals surface area contributed by atoms with E-state index in [1.54, 1.807) is 0 Å². The molecule has 0 saturated heterocycles. The maximum Gasteiger partial charge on any atom is 0.0448 e. The van der Waals surface area contributed by atoms with Crippen molar-refractivity contribution in [3.05, 3.63) is 48.6 Å². The fourth-order valence-corrected chi connectivity index (χ4v) is 2.92. The van der Waals surface area contributed by atoms with Crippen LogP contribution in [0.5, 0.6) is 0 Å². The Morgan fingerprint density at radius 2 is 1.83 bits per heavy atom. The van der Waals surface area contributed by atoms with Crippen LogP contribution >= 0.6 is 0 Å². The maximum absolute atomic E-state index is 4.68. The molecule has 1 aromatic rings. The van der Waals surface area contributed by atoms with Crippen molar-refractivity contribution in [2.24, 2.45) is 10.4 Å². The Kier molecular flexibility index (Phi) is 4.74. The lowest BCUT2D eigenvalue weighted by Gasteiger charge is -2.35. The molecule has 18 heavy (non-hydrogen) atoms. The van der Waals surface area contributed by atoms with Gasteiger partial charge in [-0.05, 0) is 30.2 Å². The Morgan fingerprint density at radius 3 is 2.50 bits per heavy atom. The average Bonchev–Trinajstić information content (AvgIpc) is 2.41. The summed E-state index contributed by atoms with van der Waals surface area (Å²) in [5, 5.41) is 0. The number of aliphatic imine (C=N–C) groups is 1. The maximum atomic E-state index is 4.68. The van der Waals surface area contributed by atoms with Gasteiger partial charge in [0.15, 0.2) is 0 Å². The largest absolute Gasteiger partial charge is 0.292 e. The normalized spacial score (nSPS) is 18.9. The fourth-order valence-electron chi connectivity index (χ4n) is 2.92. The molecule has 1 aliphatic rings. The number of benzene rings is 1. The van der Waals surface area contributed by atoms with Gasteiger partial charge in [0.1, 0.15) is 0 Å². The zero-order valence-corrected chi connectivity index (χ0v) is 11.1. The van der Waals surface area contributed by atoms with Crippen LogP contribution in [-0.2, 0) is 0 Å². The van der Waals surface area contributed by atoms with E-state index in [1.807, 2.05) is 12.3 Å². The highest BCUT2D eigenvalue weighted by atomic mass is 14.7. The summed E-state index contributed by atoms with van der Waals surface area (Å²) in [6, 6.07) is 10.4. The van der Waals surface area contributed by atoms with E-state index in [4.69, 9.17) is 0 Å². The summed E-state index contributed by atoms with van der Waals surface area (Å²) in [5.74, 6) is 0. The van der Waals surface area contributed by atoms with Crippen LogP contribution in [0.1, 0.15) is 44.1 Å². The topological polar surface area (TPSA) is 12.4 Å². The average molecular weight is 241 g/mol. The van der Waals surface area contributed by atoms with Crippen molar-refractivity contribution in [2.45, 2.75) is 38.5 Å². The summed E-state index contributed by atoms with van der Waals surface area (Å²) in [6.07, 6.45) is 11.9. The number of hydrogen-bond acceptors (Lipinski definition) is 1. The Bertz CT molecular complexity index is 385. The summed E-state index contributed by atoms with van der Waals surface area (Å²) in [6.45, 7) is 4.87. The molecule has 96 valence electrons. The third-order valence-electron chi connectivity index (χ3n) is 3.96. The molecule has 1 heteroatoms. The molecule has 0 N–H and O–H groups in total. The predicted molar refractivity (Wildman–Crippen MR) is 79.2 cm³/mol. The van der Waals surface area contributed by atoms with Gasteiger partial charge in [0.25, 0.3) is 0 Å². The molecule has 0 radical (unpaired) electrons. The molecule has 0 heterocycles. The van der Waals surface area contributed by atoms with Crippen molar-refractivity contribution < 1.29 is 0 Å². The Morgan fingerprint density at radius 1 is 1.11 bits per heavy atom. The van der Waals surface area contributed by atoms with Gasteiger partial charge in [-0.25, -0.2) is 0 Å². The molecule has 1 aliphatic carbocycles. The van der Waals surface area contributed by atoms with Gasteiger partial charge in [-0.3, -0.25) is 4.99 Å². The molecular weight excluding hydrogens is 218 g/mol. The lowest BCUT2D eigenvalue weighted by atomic mass is 9.72. The van der Waals surface area contributed by atoms with Gasteiger partial charge in [-0.2, -0.15) is 0 Å². The van der Waals surface area contributed by atoms with Crippen LogP contribution in [-0.4, -0.2) is 12.8 Å². The quantitative estimate of drug-likeness (QED) is 0.526. The van der Waals surface area contributed by atoms with Crippen LogP contribution in [0.3, 0.4) is 0 Å². The number of hydrogen-bond donors (Lipinski definition) is 0. The van der Waals surface area contributed by atoms with Gasteiger partial charge in [-0.15, -0.1) is 6.58 Å². The van der Waals surface area contributed by atoms with Gasteiger partial charge in [0.05, 0.1) is 0 Å². The molecule has 0 unspecified atom stereocenters. The minimum absolute atomic E-state index is 0.394. The van der Waals surface area contributed by atoms with Crippen molar-refractivity contribution in [2.75, 3.05) is 6.54 Å². The van der Waals surface area contributed by atoms with Gasteiger partial charge in [0, 0.05) is 12.8 Å². The van der Waals surface area contributed by atoms with E-state index >= 15 is 0 Å². The molecule has 1 saturated carbocycles. The molecule has 0 atom stereocenters. The van der Waals surface area contributed by atoms with E-state index in [0.717, 1.165) is 13.0 Å². The lowest BCUT2D eigenvalue weighted by molar-refractivity contribution is 0.203. The third kappa shape index (κ3) is 3.56. The van der Waals surface area contributed by atoms with Gasteiger partial charge in [-0.1, -0.05) is 55.7 Å². The lowest BCUT2D eigenvalue weighted by Crippen LogP contribution is -2.26. The first kappa shape index (κ1) is 13.1. The third-order valence-corrected chi connectivity index (χ3v) is 3.96. The van der Waals surface area contributed by atoms with E-state index in [1.165, 1.54) is 37.7 Å². The second kappa shape index (κ2) is 6.53. The number of nitrogens with zero attached hydrogens (tertiary/aromatic N) is 1. The van der Waals surface area contributed by atoms with E-state index in [9.17, 15) is 0 Å². The summed E-state index contributed by atoms with van der Waals surface area (Å²) in [7, 11) is 0. The van der Waals surface area contributed by atoms with E-state index in [2.05, 4.69) is 41.9 Å². The molecular formula is C17H23N. The summed E-state index contributed by atoms with van der Waals surface area (Å²) in [4.78, 5) is 4.68. The van der Waals surface area contributed by atoms with Gasteiger partial charge >= 0.3 is 0 Å². The molecule has 1 fully saturated rings. The minimum atomic E-state index is 0.394. The van der Waals surface area contributed by atoms with Crippen molar-refractivity contribution in [1.29, 1.82) is 0 Å². The number of allylic oxidation sites excluding steroid dienone is 1. The van der Waals surface area contributed by atoms with E-state index in [-0.39, 0.29) is 0 Å². The molecule has 2 rings (SSSR count). The Balaban J connectivity index is 1.97. The summed E-state index contributed by atoms with van der Waals surface area (Å²) >= 11 is 0. The Hall–Kier alpha value is -1.37. The first-order chi connectivity index (χ1) is 8.85. The fraction of sp³-hybridized carbons (Fsp3) is 0.471. The van der Waals surface area contributed by atoms with Crippen LogP contribution in [0.2, 0.25) is 0 Å². The van der Waals surface area contributed by atoms with Crippen molar-refractivity contribution in [3.8, 4) is 0 Å². The zero-order chi connectivity index (χ0) is 12.7. The van der Waals surface area contributed by atoms with Gasteiger partial charge < -0.3 is 0 Å². The first-order valence-electron chi connectivity index (χ1n) is 7.00. The van der Waals surface area contributed by atoms with E-state index < -0.39 is 0 Å². The first-order valence-corrected chi connectivity index (χ1v) is 7.00. The van der Waals surface area contributed by atoms with Crippen molar-refractivity contribution in [1.82, 2.24) is 0 Å². The molecule has 1 nitrogen and oxygen atoms in total. The Labute approximate surface area is 111 Å². The van der Waals surface area contributed by atoms with Crippen LogP contribution in [0, 0.1) is 5.41 Å². The van der Waals surface area contributed by atoms with Crippen molar-refractivity contribution >= 4 is 6.21 Å². The number of rotatable bonds is 5. The molecule has 0 spiro atoms. The highest BCUT2D eigenvalue weighted by Crippen LogP contribution is 2.39. The SMILES string of the molecule is C=CCC1(CN=Cc2ccccc2)CCCCC1. The van der Waals surface area contributed by atoms with Crippen LogP contribution in [0.25, 0.3) is 0 Å². The van der Waals surface area contributed by atoms with Gasteiger partial charge in [0.2, 0.25) is 0 Å². The summed E-state index contributed by atoms with van der Waals surface area (Å²) in [5.41, 5.74) is 1.59. The second-order valence-electron chi connectivity index (χ2n) is 5.43.